The minimum atomic E-state index is -3.77. The Hall–Kier alpha value is -1.79. The van der Waals surface area contributed by atoms with Gasteiger partial charge in [0.05, 0.1) is 4.90 Å². The number of primary sulfonamides is 1. The zero-order valence-electron chi connectivity index (χ0n) is 14.0. The molecule has 3 rings (SSSR count). The Morgan fingerprint density at radius 2 is 1.24 bits per heavy atom. The van der Waals surface area contributed by atoms with Gasteiger partial charge in [-0.1, -0.05) is 57.1 Å². The first-order chi connectivity index (χ1) is 11.9. The largest absolute Gasteiger partial charge is 0.238 e. The number of rotatable bonds is 2. The Kier molecular flexibility index (Phi) is 7.08. The lowest BCUT2D eigenvalue weighted by Gasteiger charge is -2.04. The molecule has 6 heteroatoms. The van der Waals surface area contributed by atoms with E-state index in [0.717, 1.165) is 12.1 Å². The molecule has 0 radical (unpaired) electrons. The van der Waals surface area contributed by atoms with Gasteiger partial charge in [-0.15, -0.1) is 0 Å². The van der Waals surface area contributed by atoms with Crippen LogP contribution in [0.5, 0.6) is 0 Å². The third-order valence-electron chi connectivity index (χ3n) is 4.17. The van der Waals surface area contributed by atoms with Gasteiger partial charge in [0.2, 0.25) is 10.0 Å². The van der Waals surface area contributed by atoms with Gasteiger partial charge in [0, 0.05) is 11.6 Å². The zero-order chi connectivity index (χ0) is 18.3. The molecule has 0 heterocycles. The van der Waals surface area contributed by atoms with E-state index in [9.17, 15) is 17.2 Å². The highest BCUT2D eigenvalue weighted by Gasteiger charge is 2.10. The summed E-state index contributed by atoms with van der Waals surface area (Å²) < 4.78 is 48.3. The van der Waals surface area contributed by atoms with Crippen molar-refractivity contribution in [2.75, 3.05) is 0 Å². The lowest BCUT2D eigenvalue weighted by atomic mass is 10.1. The maximum absolute atomic E-state index is 13.5. The highest BCUT2D eigenvalue weighted by atomic mass is 32.2. The lowest BCUT2D eigenvalue weighted by molar-refractivity contribution is 0.585. The Morgan fingerprint density at radius 3 is 1.64 bits per heavy atom. The lowest BCUT2D eigenvalue weighted by Crippen LogP contribution is -2.11. The molecule has 1 saturated carbocycles. The fraction of sp³-hybridized carbons (Fsp3) is 0.368. The molecule has 1 aliphatic carbocycles. The molecule has 2 N–H and O–H groups in total. The molecule has 0 amide bonds. The first kappa shape index (κ1) is 19.5. The normalized spacial score (nSPS) is 15.0. The van der Waals surface area contributed by atoms with Crippen LogP contribution in [0.3, 0.4) is 0 Å². The van der Waals surface area contributed by atoms with Crippen LogP contribution in [0.15, 0.2) is 47.4 Å². The average Bonchev–Trinajstić information content (AvgIpc) is 2.87. The third-order valence-corrected chi connectivity index (χ3v) is 5.10. The second-order valence-corrected chi connectivity index (χ2v) is 7.73. The van der Waals surface area contributed by atoms with Crippen LogP contribution in [-0.2, 0) is 10.0 Å². The van der Waals surface area contributed by atoms with Crippen molar-refractivity contribution in [1.29, 1.82) is 0 Å². The minimum absolute atomic E-state index is 0.0613. The topological polar surface area (TPSA) is 60.2 Å². The van der Waals surface area contributed by atoms with E-state index in [1.165, 1.54) is 75.3 Å². The van der Waals surface area contributed by atoms with Gasteiger partial charge in [0.15, 0.2) is 0 Å². The predicted molar refractivity (Wildman–Crippen MR) is 95.5 cm³/mol. The molecule has 0 aliphatic heterocycles. The van der Waals surface area contributed by atoms with E-state index in [-0.39, 0.29) is 10.5 Å². The van der Waals surface area contributed by atoms with Gasteiger partial charge in [-0.2, -0.15) is 0 Å². The summed E-state index contributed by atoms with van der Waals surface area (Å²) in [6.45, 7) is 0. The van der Waals surface area contributed by atoms with Crippen LogP contribution in [-0.4, -0.2) is 8.42 Å². The molecular formula is C19H23F2NO2S. The highest BCUT2D eigenvalue weighted by molar-refractivity contribution is 7.89. The summed E-state index contributed by atoms with van der Waals surface area (Å²) in [5.41, 5.74) is 0.636. The first-order valence-corrected chi connectivity index (χ1v) is 10.0. The van der Waals surface area contributed by atoms with Crippen LogP contribution in [0.1, 0.15) is 44.9 Å². The Bertz CT molecular complexity index is 770. The summed E-state index contributed by atoms with van der Waals surface area (Å²) >= 11 is 0. The maximum atomic E-state index is 13.5. The van der Waals surface area contributed by atoms with Crippen molar-refractivity contribution < 1.29 is 17.2 Å². The van der Waals surface area contributed by atoms with Crippen LogP contribution in [0.2, 0.25) is 0 Å². The predicted octanol–water partition coefficient (Wildman–Crippen LogP) is 5.01. The molecule has 2 aromatic rings. The summed E-state index contributed by atoms with van der Waals surface area (Å²) in [6, 6.07) is 8.55. The summed E-state index contributed by atoms with van der Waals surface area (Å²) in [5, 5.41) is 4.94. The van der Waals surface area contributed by atoms with Gasteiger partial charge in [-0.3, -0.25) is 0 Å². The summed E-state index contributed by atoms with van der Waals surface area (Å²) in [6.07, 6.45) is 10.5. The second kappa shape index (κ2) is 9.06. The molecular weight excluding hydrogens is 344 g/mol. The molecule has 3 nitrogen and oxygen atoms in total. The molecule has 2 aromatic carbocycles. The van der Waals surface area contributed by atoms with Crippen molar-refractivity contribution in [3.8, 4) is 11.1 Å². The molecule has 0 aromatic heterocycles. The van der Waals surface area contributed by atoms with Crippen LogP contribution in [0.25, 0.3) is 11.1 Å². The third kappa shape index (κ3) is 6.21. The van der Waals surface area contributed by atoms with Crippen LogP contribution >= 0.6 is 0 Å². The molecule has 0 unspecified atom stereocenters. The van der Waals surface area contributed by atoms with Gasteiger partial charge >= 0.3 is 0 Å². The molecule has 136 valence electrons. The fourth-order valence-corrected chi connectivity index (χ4v) is 3.30. The second-order valence-electron chi connectivity index (χ2n) is 6.17. The highest BCUT2D eigenvalue weighted by Crippen LogP contribution is 2.24. The van der Waals surface area contributed by atoms with E-state index >= 15 is 0 Å². The van der Waals surface area contributed by atoms with Crippen LogP contribution < -0.4 is 5.14 Å². The SMILES string of the molecule is C1CCCCCC1.NS(=O)(=O)c1ccc(-c2ccc(F)cc2F)cc1. The van der Waals surface area contributed by atoms with Crippen molar-refractivity contribution in [2.45, 2.75) is 49.8 Å². The fourth-order valence-electron chi connectivity index (χ4n) is 2.79. The molecule has 0 spiro atoms. The summed E-state index contributed by atoms with van der Waals surface area (Å²) in [5.74, 6) is -1.38. The van der Waals surface area contributed by atoms with E-state index in [1.54, 1.807) is 0 Å². The van der Waals surface area contributed by atoms with Crippen LogP contribution in [0, 0.1) is 11.6 Å². The quantitative estimate of drug-likeness (QED) is 0.759. The number of hydrogen-bond acceptors (Lipinski definition) is 2. The maximum Gasteiger partial charge on any atom is 0.238 e. The summed E-state index contributed by atoms with van der Waals surface area (Å²) in [4.78, 5) is -0.0613. The zero-order valence-corrected chi connectivity index (χ0v) is 14.9. The Morgan fingerprint density at radius 1 is 0.760 bits per heavy atom. The molecule has 1 fully saturated rings. The summed E-state index contributed by atoms with van der Waals surface area (Å²) in [7, 11) is -3.77. The molecule has 1 aliphatic rings. The minimum Gasteiger partial charge on any atom is -0.225 e. The number of halogens is 2. The number of nitrogens with two attached hydrogens (primary N) is 1. The molecule has 0 atom stereocenters. The number of sulfonamides is 1. The molecule has 0 bridgehead atoms. The van der Waals surface area contributed by atoms with E-state index < -0.39 is 21.7 Å². The number of benzene rings is 2. The van der Waals surface area contributed by atoms with Crippen molar-refractivity contribution in [3.63, 3.8) is 0 Å². The van der Waals surface area contributed by atoms with Gasteiger partial charge in [0.25, 0.3) is 0 Å². The van der Waals surface area contributed by atoms with Gasteiger partial charge < -0.3 is 0 Å². The van der Waals surface area contributed by atoms with Crippen molar-refractivity contribution in [2.24, 2.45) is 5.14 Å². The smallest absolute Gasteiger partial charge is 0.225 e. The van der Waals surface area contributed by atoms with E-state index in [4.69, 9.17) is 5.14 Å². The monoisotopic (exact) mass is 367 g/mol. The molecule has 25 heavy (non-hydrogen) atoms. The Balaban J connectivity index is 0.000000269. The van der Waals surface area contributed by atoms with Crippen molar-refractivity contribution >= 4 is 10.0 Å². The Labute approximate surface area is 147 Å². The van der Waals surface area contributed by atoms with Crippen molar-refractivity contribution in [3.05, 3.63) is 54.1 Å². The first-order valence-electron chi connectivity index (χ1n) is 8.46. The molecule has 0 saturated heterocycles. The van der Waals surface area contributed by atoms with E-state index in [2.05, 4.69) is 0 Å². The van der Waals surface area contributed by atoms with Crippen molar-refractivity contribution in [1.82, 2.24) is 0 Å². The van der Waals surface area contributed by atoms with Gasteiger partial charge in [0.1, 0.15) is 11.6 Å². The van der Waals surface area contributed by atoms with Gasteiger partial charge in [-0.25, -0.2) is 22.3 Å². The van der Waals surface area contributed by atoms with Gasteiger partial charge in [-0.05, 0) is 29.8 Å². The van der Waals surface area contributed by atoms with Crippen LogP contribution in [0.4, 0.5) is 8.78 Å². The van der Waals surface area contributed by atoms with E-state index in [0.29, 0.717) is 5.56 Å². The standard InChI is InChI=1S/C12H9F2NO2S.C7H14/c13-9-3-6-11(12(14)7-9)8-1-4-10(5-2-8)18(15,16)17;1-2-4-6-7-5-3-1/h1-7H,(H2,15,16,17);1-7H2. The van der Waals surface area contributed by atoms with E-state index in [1.807, 2.05) is 0 Å². The number of hydrogen-bond donors (Lipinski definition) is 1. The average molecular weight is 367 g/mol.